The van der Waals surface area contributed by atoms with E-state index in [1.807, 2.05) is 35.2 Å². The molecule has 0 fully saturated rings. The van der Waals surface area contributed by atoms with Gasteiger partial charge in [-0.05, 0) is 23.3 Å². The molecule has 2 aromatic heterocycles. The number of hydrogen-bond donors (Lipinski definition) is 1. The Bertz CT molecular complexity index is 1230. The summed E-state index contributed by atoms with van der Waals surface area (Å²) in [6, 6.07) is 15.1. The minimum atomic E-state index is -1.08. The SMILES string of the molecule is O=c1cc(CN(Cc2ccccc2)c2cc(Cl)ncn2)c2ccc(F)c(F)c2[nH]1. The number of nitrogens with one attached hydrogen (secondary N) is 1. The van der Waals surface area contributed by atoms with Crippen LogP contribution >= 0.6 is 11.6 Å². The lowest BCUT2D eigenvalue weighted by Gasteiger charge is -2.24. The van der Waals surface area contributed by atoms with Crippen LogP contribution in [0.3, 0.4) is 0 Å². The third-order valence-corrected chi connectivity index (χ3v) is 4.72. The average molecular weight is 413 g/mol. The molecular formula is C21H15ClF2N4O. The van der Waals surface area contributed by atoms with Crippen molar-refractivity contribution in [3.8, 4) is 0 Å². The lowest BCUT2D eigenvalue weighted by atomic mass is 10.1. The maximum absolute atomic E-state index is 14.2. The first kappa shape index (κ1) is 19.0. The number of fused-ring (bicyclic) bond motifs is 1. The summed E-state index contributed by atoms with van der Waals surface area (Å²) in [5.74, 6) is -1.56. The van der Waals surface area contributed by atoms with Gasteiger partial charge in [0.2, 0.25) is 5.56 Å². The second-order valence-corrected chi connectivity index (χ2v) is 6.87. The first-order valence-electron chi connectivity index (χ1n) is 8.77. The Labute approximate surface area is 169 Å². The molecule has 0 radical (unpaired) electrons. The zero-order valence-corrected chi connectivity index (χ0v) is 15.8. The summed E-state index contributed by atoms with van der Waals surface area (Å²) in [5.41, 5.74) is 0.868. The number of halogens is 3. The highest BCUT2D eigenvalue weighted by molar-refractivity contribution is 6.29. The molecule has 29 heavy (non-hydrogen) atoms. The van der Waals surface area contributed by atoms with Gasteiger partial charge in [0.15, 0.2) is 11.6 Å². The van der Waals surface area contributed by atoms with Crippen LogP contribution in [0.2, 0.25) is 5.15 Å². The summed E-state index contributed by atoms with van der Waals surface area (Å²) in [6.07, 6.45) is 1.35. The molecule has 4 rings (SSSR count). The van der Waals surface area contributed by atoms with E-state index in [-0.39, 0.29) is 17.2 Å². The van der Waals surface area contributed by atoms with Crippen LogP contribution in [0.5, 0.6) is 0 Å². The third kappa shape index (κ3) is 4.09. The van der Waals surface area contributed by atoms with Crippen molar-refractivity contribution in [1.82, 2.24) is 15.0 Å². The molecule has 1 N–H and O–H groups in total. The molecule has 2 aromatic carbocycles. The van der Waals surface area contributed by atoms with Crippen molar-refractivity contribution in [3.63, 3.8) is 0 Å². The molecule has 0 saturated heterocycles. The molecule has 0 atom stereocenters. The monoisotopic (exact) mass is 412 g/mol. The van der Waals surface area contributed by atoms with E-state index in [9.17, 15) is 13.6 Å². The number of hydrogen-bond acceptors (Lipinski definition) is 4. The van der Waals surface area contributed by atoms with Crippen LogP contribution in [0.25, 0.3) is 10.9 Å². The molecule has 146 valence electrons. The summed E-state index contributed by atoms with van der Waals surface area (Å²) in [4.78, 5) is 24.5. The van der Waals surface area contributed by atoms with E-state index >= 15 is 0 Å². The number of aromatic amines is 1. The van der Waals surface area contributed by atoms with Crippen molar-refractivity contribution in [2.75, 3.05) is 4.90 Å². The largest absolute Gasteiger partial charge is 0.348 e. The summed E-state index contributed by atoms with van der Waals surface area (Å²) >= 11 is 6.03. The molecule has 0 unspecified atom stereocenters. The second-order valence-electron chi connectivity index (χ2n) is 6.48. The van der Waals surface area contributed by atoms with E-state index in [0.717, 1.165) is 11.6 Å². The van der Waals surface area contributed by atoms with Crippen molar-refractivity contribution in [3.05, 3.63) is 99.2 Å². The van der Waals surface area contributed by atoms with E-state index in [4.69, 9.17) is 11.6 Å². The lowest BCUT2D eigenvalue weighted by Crippen LogP contribution is -2.24. The van der Waals surface area contributed by atoms with Gasteiger partial charge >= 0.3 is 0 Å². The fraction of sp³-hybridized carbons (Fsp3) is 0.0952. The number of nitrogens with zero attached hydrogens (tertiary/aromatic N) is 3. The number of benzene rings is 2. The molecule has 5 nitrogen and oxygen atoms in total. The minimum Gasteiger partial charge on any atom is -0.348 e. The highest BCUT2D eigenvalue weighted by Crippen LogP contribution is 2.25. The van der Waals surface area contributed by atoms with Crippen LogP contribution in [-0.4, -0.2) is 15.0 Å². The molecule has 0 aliphatic heterocycles. The van der Waals surface area contributed by atoms with Gasteiger partial charge in [0, 0.05) is 30.6 Å². The van der Waals surface area contributed by atoms with Crippen LogP contribution in [0.15, 0.2) is 65.7 Å². The molecule has 0 spiro atoms. The molecule has 0 amide bonds. The number of anilines is 1. The first-order chi connectivity index (χ1) is 14.0. The fourth-order valence-electron chi connectivity index (χ4n) is 3.19. The van der Waals surface area contributed by atoms with Gasteiger partial charge in [0.1, 0.15) is 17.3 Å². The van der Waals surface area contributed by atoms with Gasteiger partial charge < -0.3 is 9.88 Å². The fourth-order valence-corrected chi connectivity index (χ4v) is 3.33. The third-order valence-electron chi connectivity index (χ3n) is 4.52. The van der Waals surface area contributed by atoms with Crippen LogP contribution in [-0.2, 0) is 13.1 Å². The van der Waals surface area contributed by atoms with Crippen LogP contribution in [0.4, 0.5) is 14.6 Å². The van der Waals surface area contributed by atoms with Gasteiger partial charge in [0.25, 0.3) is 0 Å². The van der Waals surface area contributed by atoms with Crippen LogP contribution in [0.1, 0.15) is 11.1 Å². The standard InChI is InChI=1S/C21H15ClF2N4O/c22-17-9-18(26-12-25-17)28(10-13-4-2-1-3-5-13)11-14-8-19(29)27-21-15(14)6-7-16(23)20(21)24/h1-9,12H,10-11H2,(H,27,29). The zero-order valence-electron chi connectivity index (χ0n) is 15.1. The van der Waals surface area contributed by atoms with Gasteiger partial charge in [-0.2, -0.15) is 0 Å². The van der Waals surface area contributed by atoms with Gasteiger partial charge in [0.05, 0.1) is 5.52 Å². The second kappa shape index (κ2) is 7.97. The van der Waals surface area contributed by atoms with Gasteiger partial charge in [-0.1, -0.05) is 41.9 Å². The van der Waals surface area contributed by atoms with Crippen molar-refractivity contribution in [1.29, 1.82) is 0 Å². The lowest BCUT2D eigenvalue weighted by molar-refractivity contribution is 0.515. The summed E-state index contributed by atoms with van der Waals surface area (Å²) in [7, 11) is 0. The Hall–Kier alpha value is -3.32. The maximum atomic E-state index is 14.2. The van der Waals surface area contributed by atoms with Gasteiger partial charge in [-0.15, -0.1) is 0 Å². The van der Waals surface area contributed by atoms with Crippen molar-refractivity contribution < 1.29 is 8.78 Å². The van der Waals surface area contributed by atoms with Crippen LogP contribution in [0, 0.1) is 11.6 Å². The normalized spacial score (nSPS) is 11.0. The number of pyridine rings is 1. The van der Waals surface area contributed by atoms with Crippen molar-refractivity contribution in [2.24, 2.45) is 0 Å². The van der Waals surface area contributed by atoms with Gasteiger partial charge in [-0.3, -0.25) is 4.79 Å². The Morgan fingerprint density at radius 3 is 2.55 bits per heavy atom. The quantitative estimate of drug-likeness (QED) is 0.492. The van der Waals surface area contributed by atoms with E-state index < -0.39 is 17.2 Å². The van der Waals surface area contributed by atoms with E-state index in [2.05, 4.69) is 15.0 Å². The molecule has 8 heteroatoms. The van der Waals surface area contributed by atoms with Crippen LogP contribution < -0.4 is 10.5 Å². The Morgan fingerprint density at radius 1 is 1.00 bits per heavy atom. The average Bonchev–Trinajstić information content (AvgIpc) is 2.71. The van der Waals surface area contributed by atoms with Crippen molar-refractivity contribution in [2.45, 2.75) is 13.1 Å². The highest BCUT2D eigenvalue weighted by Gasteiger charge is 2.16. The zero-order chi connectivity index (χ0) is 20.4. The molecule has 0 aliphatic rings. The summed E-state index contributed by atoms with van der Waals surface area (Å²) < 4.78 is 27.9. The molecule has 0 bridgehead atoms. The predicted molar refractivity (Wildman–Crippen MR) is 108 cm³/mol. The Kier molecular flexibility index (Phi) is 5.22. The van der Waals surface area contributed by atoms with E-state index in [1.54, 1.807) is 6.07 Å². The summed E-state index contributed by atoms with van der Waals surface area (Å²) in [6.45, 7) is 0.694. The number of rotatable bonds is 5. The Balaban J connectivity index is 1.80. The Morgan fingerprint density at radius 2 is 1.79 bits per heavy atom. The topological polar surface area (TPSA) is 61.9 Å². The van der Waals surface area contributed by atoms with Gasteiger partial charge in [-0.25, -0.2) is 18.7 Å². The molecule has 4 aromatic rings. The molecule has 0 saturated carbocycles. The predicted octanol–water partition coefficient (Wildman–Crippen LogP) is 4.46. The molecule has 2 heterocycles. The first-order valence-corrected chi connectivity index (χ1v) is 9.15. The minimum absolute atomic E-state index is 0.159. The summed E-state index contributed by atoms with van der Waals surface area (Å²) in [5, 5.41) is 0.693. The van der Waals surface area contributed by atoms with Crippen molar-refractivity contribution >= 4 is 28.3 Å². The molecule has 0 aliphatic carbocycles. The smallest absolute Gasteiger partial charge is 0.248 e. The number of aromatic nitrogens is 3. The maximum Gasteiger partial charge on any atom is 0.248 e. The number of H-pyrrole nitrogens is 1. The highest BCUT2D eigenvalue weighted by atomic mass is 35.5. The molecular weight excluding hydrogens is 398 g/mol. The van der Waals surface area contributed by atoms with E-state index in [1.165, 1.54) is 18.5 Å². The van der Waals surface area contributed by atoms with E-state index in [0.29, 0.717) is 23.3 Å².